The van der Waals surface area contributed by atoms with Gasteiger partial charge in [-0.1, -0.05) is 28.1 Å². The smallest absolute Gasteiger partial charge is 0.368 e. The summed E-state index contributed by atoms with van der Waals surface area (Å²) in [5.74, 6) is -1.28. The second-order valence-electron chi connectivity index (χ2n) is 7.64. The van der Waals surface area contributed by atoms with Crippen LogP contribution in [0.3, 0.4) is 0 Å². The maximum absolute atomic E-state index is 14.3. The van der Waals surface area contributed by atoms with E-state index in [4.69, 9.17) is 4.74 Å². The second-order valence-corrected chi connectivity index (χ2v) is 8.55. The highest BCUT2D eigenvalue weighted by Crippen LogP contribution is 2.34. The topological polar surface area (TPSA) is 67.4 Å². The van der Waals surface area contributed by atoms with Crippen LogP contribution in [-0.2, 0) is 14.3 Å². The minimum atomic E-state index is -4.73. The lowest BCUT2D eigenvalue weighted by Crippen LogP contribution is -2.55. The first-order valence-corrected chi connectivity index (χ1v) is 9.79. The zero-order valence-corrected chi connectivity index (χ0v) is 17.7. The van der Waals surface area contributed by atoms with Crippen LogP contribution in [0.4, 0.5) is 17.6 Å². The maximum Gasteiger partial charge on any atom is 0.407 e. The maximum atomic E-state index is 14.3. The van der Waals surface area contributed by atoms with Crippen molar-refractivity contribution in [2.75, 3.05) is 6.61 Å². The number of hydrogen-bond donors (Lipinski definition) is 2. The van der Waals surface area contributed by atoms with Crippen LogP contribution < -0.4 is 10.6 Å². The van der Waals surface area contributed by atoms with Crippen molar-refractivity contribution in [1.82, 2.24) is 10.6 Å². The number of ether oxygens (including phenoxy) is 1. The van der Waals surface area contributed by atoms with Gasteiger partial charge in [0, 0.05) is 10.9 Å². The molecule has 1 aromatic rings. The molecule has 1 aromatic carbocycles. The number of rotatable bonds is 7. The Balaban J connectivity index is 2.28. The van der Waals surface area contributed by atoms with Gasteiger partial charge in [-0.2, -0.15) is 13.2 Å². The van der Waals surface area contributed by atoms with Crippen molar-refractivity contribution in [3.63, 3.8) is 0 Å². The van der Waals surface area contributed by atoms with Crippen LogP contribution in [0, 0.1) is 0 Å². The first-order valence-electron chi connectivity index (χ1n) is 9.00. The summed E-state index contributed by atoms with van der Waals surface area (Å²) in [4.78, 5) is 24.5. The van der Waals surface area contributed by atoms with Gasteiger partial charge in [0.15, 0.2) is 5.78 Å². The molecule has 1 heterocycles. The Bertz CT molecular complexity index is 734. The Morgan fingerprint density at radius 2 is 1.83 bits per heavy atom. The van der Waals surface area contributed by atoms with E-state index in [-0.39, 0.29) is 18.0 Å². The normalized spacial score (nSPS) is 22.4. The van der Waals surface area contributed by atoms with Gasteiger partial charge < -0.3 is 10.1 Å². The molecule has 0 spiro atoms. The Labute approximate surface area is 174 Å². The van der Waals surface area contributed by atoms with Crippen molar-refractivity contribution >= 4 is 27.6 Å². The van der Waals surface area contributed by atoms with Gasteiger partial charge in [0.05, 0.1) is 12.1 Å². The Kier molecular flexibility index (Phi) is 7.45. The zero-order chi connectivity index (χ0) is 22.0. The van der Waals surface area contributed by atoms with Crippen molar-refractivity contribution in [3.05, 3.63) is 34.3 Å². The lowest BCUT2D eigenvalue weighted by molar-refractivity contribution is -0.161. The Morgan fingerprint density at radius 3 is 2.28 bits per heavy atom. The molecule has 2 rings (SSSR count). The quantitative estimate of drug-likeness (QED) is 0.582. The van der Waals surface area contributed by atoms with Crippen LogP contribution in [0.1, 0.15) is 38.8 Å². The molecule has 10 heteroatoms. The third-order valence-corrected chi connectivity index (χ3v) is 5.04. The molecule has 0 aromatic heterocycles. The van der Waals surface area contributed by atoms with Crippen LogP contribution >= 0.6 is 15.9 Å². The lowest BCUT2D eigenvalue weighted by atomic mass is 9.97. The highest BCUT2D eigenvalue weighted by atomic mass is 79.9. The number of carbonyl (C=O) groups is 2. The molecule has 0 aliphatic carbocycles. The Hall–Kier alpha value is -1.52. The molecule has 1 fully saturated rings. The fourth-order valence-electron chi connectivity index (χ4n) is 3.06. The van der Waals surface area contributed by atoms with E-state index in [9.17, 15) is 27.2 Å². The van der Waals surface area contributed by atoms with E-state index in [1.807, 2.05) is 0 Å². The molecular formula is C19H23BrF4N2O3. The summed E-state index contributed by atoms with van der Waals surface area (Å²) in [7, 11) is 0. The van der Waals surface area contributed by atoms with Crippen molar-refractivity contribution in [3.8, 4) is 0 Å². The SMILES string of the molecule is C[C@H]1OCC(=O)[C@H]1NC(=O)[C@H](CC(C)(C)F)N[C@@H](c1ccc(Br)cc1)C(F)(F)F. The molecule has 1 aliphatic heterocycles. The van der Waals surface area contributed by atoms with Gasteiger partial charge in [0.1, 0.15) is 24.4 Å². The predicted molar refractivity (Wildman–Crippen MR) is 102 cm³/mol. The van der Waals surface area contributed by atoms with Gasteiger partial charge in [0.25, 0.3) is 0 Å². The number of ketones is 1. The molecule has 0 bridgehead atoms. The highest BCUT2D eigenvalue weighted by Gasteiger charge is 2.44. The summed E-state index contributed by atoms with van der Waals surface area (Å²) in [5.41, 5.74) is -2.05. The molecular weight excluding hydrogens is 460 g/mol. The Morgan fingerprint density at radius 1 is 1.24 bits per heavy atom. The molecule has 0 radical (unpaired) electrons. The molecule has 0 saturated carbocycles. The van der Waals surface area contributed by atoms with E-state index in [1.165, 1.54) is 38.1 Å². The summed E-state index contributed by atoms with van der Waals surface area (Å²) in [6.07, 6.45) is -5.86. The summed E-state index contributed by atoms with van der Waals surface area (Å²) in [5, 5.41) is 4.65. The third kappa shape index (κ3) is 6.75. The lowest BCUT2D eigenvalue weighted by Gasteiger charge is -2.30. The molecule has 1 aliphatic rings. The number of alkyl halides is 4. The average molecular weight is 483 g/mol. The fourth-order valence-corrected chi connectivity index (χ4v) is 3.33. The van der Waals surface area contributed by atoms with E-state index in [1.54, 1.807) is 6.92 Å². The summed E-state index contributed by atoms with van der Waals surface area (Å²) < 4.78 is 61.1. The molecule has 29 heavy (non-hydrogen) atoms. The van der Waals surface area contributed by atoms with Gasteiger partial charge in [0.2, 0.25) is 5.91 Å². The van der Waals surface area contributed by atoms with Crippen molar-refractivity contribution in [2.45, 2.75) is 63.3 Å². The number of amides is 1. The minimum Gasteiger partial charge on any atom is -0.368 e. The van der Waals surface area contributed by atoms with Crippen LogP contribution in [0.5, 0.6) is 0 Å². The monoisotopic (exact) mass is 482 g/mol. The minimum absolute atomic E-state index is 0.121. The number of hydrogen-bond acceptors (Lipinski definition) is 4. The zero-order valence-electron chi connectivity index (χ0n) is 16.1. The molecule has 1 amide bonds. The second kappa shape index (κ2) is 9.09. The molecule has 5 nitrogen and oxygen atoms in total. The summed E-state index contributed by atoms with van der Waals surface area (Å²) in [6.45, 7) is 3.72. The molecule has 1 saturated heterocycles. The van der Waals surface area contributed by atoms with Crippen molar-refractivity contribution < 1.29 is 31.9 Å². The highest BCUT2D eigenvalue weighted by molar-refractivity contribution is 9.10. The number of benzene rings is 1. The first-order chi connectivity index (χ1) is 13.3. The van der Waals surface area contributed by atoms with Gasteiger partial charge in [-0.05, 0) is 38.5 Å². The molecule has 162 valence electrons. The molecule has 2 N–H and O–H groups in total. The van der Waals surface area contributed by atoms with Crippen molar-refractivity contribution in [2.24, 2.45) is 0 Å². The van der Waals surface area contributed by atoms with E-state index < -0.39 is 48.4 Å². The van der Waals surface area contributed by atoms with Gasteiger partial charge in [-0.25, -0.2) is 4.39 Å². The van der Waals surface area contributed by atoms with Gasteiger partial charge in [-0.15, -0.1) is 0 Å². The van der Waals surface area contributed by atoms with Crippen LogP contribution in [0.2, 0.25) is 0 Å². The molecule has 0 unspecified atom stereocenters. The first kappa shape index (κ1) is 23.8. The van der Waals surface area contributed by atoms with E-state index in [2.05, 4.69) is 26.6 Å². The van der Waals surface area contributed by atoms with Gasteiger partial charge >= 0.3 is 6.18 Å². The van der Waals surface area contributed by atoms with E-state index >= 15 is 0 Å². The van der Waals surface area contributed by atoms with E-state index in [0.717, 1.165) is 0 Å². The number of Topliss-reactive ketones (excluding diaryl/α,β-unsaturated/α-hetero) is 1. The largest absolute Gasteiger partial charge is 0.407 e. The predicted octanol–water partition coefficient (Wildman–Crippen LogP) is 3.62. The van der Waals surface area contributed by atoms with Crippen LogP contribution in [-0.4, -0.2) is 48.3 Å². The summed E-state index contributed by atoms with van der Waals surface area (Å²) >= 11 is 3.16. The molecule has 4 atom stereocenters. The third-order valence-electron chi connectivity index (χ3n) is 4.51. The average Bonchev–Trinajstić information content (AvgIpc) is 2.89. The summed E-state index contributed by atoms with van der Waals surface area (Å²) in [6, 6.07) is 0.724. The fraction of sp³-hybridized carbons (Fsp3) is 0.579. The number of halogens is 5. The van der Waals surface area contributed by atoms with E-state index in [0.29, 0.717) is 4.47 Å². The van der Waals surface area contributed by atoms with Crippen LogP contribution in [0.15, 0.2) is 28.7 Å². The van der Waals surface area contributed by atoms with Gasteiger partial charge in [-0.3, -0.25) is 14.9 Å². The number of nitrogens with one attached hydrogen (secondary N) is 2. The standard InChI is InChI=1S/C19H23BrF4N2O3/c1-10-15(14(27)9-29-10)26-17(28)13(8-18(2,3)21)25-16(19(22,23)24)11-4-6-12(20)7-5-11/h4-7,10,13,15-16,25H,8-9H2,1-3H3,(H,26,28)/t10-,13+,15+,16+/m1/s1. The van der Waals surface area contributed by atoms with Crippen LogP contribution in [0.25, 0.3) is 0 Å². The number of carbonyl (C=O) groups excluding carboxylic acids is 2. The van der Waals surface area contributed by atoms with Crippen molar-refractivity contribution in [1.29, 1.82) is 0 Å².